The van der Waals surface area contributed by atoms with E-state index < -0.39 is 5.97 Å². The molecule has 6 heteroatoms. The fourth-order valence-electron chi connectivity index (χ4n) is 1.82. The van der Waals surface area contributed by atoms with Crippen molar-refractivity contribution in [1.82, 2.24) is 10.2 Å². The Morgan fingerprint density at radius 1 is 1.25 bits per heavy atom. The number of carbonyl (C=O) groups excluding carboxylic acids is 1. The van der Waals surface area contributed by atoms with Crippen LogP contribution < -0.4 is 5.32 Å². The van der Waals surface area contributed by atoms with Gasteiger partial charge in [0.2, 0.25) is 0 Å². The predicted octanol–water partition coefficient (Wildman–Crippen LogP) is 2.36. The van der Waals surface area contributed by atoms with Crippen LogP contribution >= 0.6 is 0 Å². The van der Waals surface area contributed by atoms with Gasteiger partial charge in [0.25, 0.3) is 0 Å². The second-order valence-corrected chi connectivity index (χ2v) is 4.99. The van der Waals surface area contributed by atoms with Gasteiger partial charge in [-0.25, -0.2) is 4.79 Å². The highest BCUT2D eigenvalue weighted by Crippen LogP contribution is 2.03. The average molecular weight is 283 g/mol. The van der Waals surface area contributed by atoms with Crippen LogP contribution in [0.3, 0.4) is 0 Å². The summed E-state index contributed by atoms with van der Waals surface area (Å²) in [6, 6.07) is 1.97. The van der Waals surface area contributed by atoms with Crippen LogP contribution in [0.25, 0.3) is 0 Å². The largest absolute Gasteiger partial charge is 0.481 e. The van der Waals surface area contributed by atoms with Crippen molar-refractivity contribution < 1.29 is 14.7 Å². The summed E-state index contributed by atoms with van der Waals surface area (Å²) in [6.45, 7) is 4.87. The van der Waals surface area contributed by atoms with Crippen molar-refractivity contribution in [3.63, 3.8) is 0 Å². The van der Waals surface area contributed by atoms with Gasteiger partial charge in [-0.3, -0.25) is 4.79 Å². The standard InChI is InChI=1S/C14H25N3O3/c1-12(2)17(11-7-9-15)14(20)16-10-6-4-3-5-8-13(18)19/h12H,3-8,10-11H2,1-2H3,(H,16,20)(H,18,19). The number of hydrogen-bond donors (Lipinski definition) is 2. The molecular formula is C14H25N3O3. The van der Waals surface area contributed by atoms with Crippen molar-refractivity contribution >= 4 is 12.0 Å². The zero-order valence-electron chi connectivity index (χ0n) is 12.4. The third kappa shape index (κ3) is 9.20. The van der Waals surface area contributed by atoms with E-state index in [0.717, 1.165) is 19.3 Å². The minimum Gasteiger partial charge on any atom is -0.481 e. The molecule has 0 aliphatic heterocycles. The normalized spacial score (nSPS) is 10.1. The first-order chi connectivity index (χ1) is 9.49. The molecule has 0 heterocycles. The molecule has 2 amide bonds. The van der Waals surface area contributed by atoms with Gasteiger partial charge in [-0.05, 0) is 26.7 Å². The number of carbonyl (C=O) groups is 2. The van der Waals surface area contributed by atoms with Crippen LogP contribution in [0.15, 0.2) is 0 Å². The smallest absolute Gasteiger partial charge is 0.317 e. The molecule has 0 aromatic rings. The number of amides is 2. The number of nitriles is 1. The average Bonchev–Trinajstić information content (AvgIpc) is 2.37. The first-order valence-corrected chi connectivity index (χ1v) is 7.12. The third-order valence-electron chi connectivity index (χ3n) is 2.94. The van der Waals surface area contributed by atoms with Crippen molar-refractivity contribution in [2.24, 2.45) is 0 Å². The summed E-state index contributed by atoms with van der Waals surface area (Å²) in [4.78, 5) is 23.9. The Kier molecular flexibility index (Phi) is 10.1. The summed E-state index contributed by atoms with van der Waals surface area (Å²) < 4.78 is 0. The molecule has 114 valence electrons. The first-order valence-electron chi connectivity index (χ1n) is 7.12. The van der Waals surface area contributed by atoms with Crippen LogP contribution in [0.4, 0.5) is 4.79 Å². The second-order valence-electron chi connectivity index (χ2n) is 4.99. The lowest BCUT2D eigenvalue weighted by atomic mass is 10.1. The van der Waals surface area contributed by atoms with E-state index in [1.54, 1.807) is 4.90 Å². The molecule has 0 atom stereocenters. The van der Waals surface area contributed by atoms with Crippen LogP contribution in [-0.4, -0.2) is 41.1 Å². The van der Waals surface area contributed by atoms with Crippen molar-refractivity contribution in [2.75, 3.05) is 13.1 Å². The van der Waals surface area contributed by atoms with E-state index in [1.165, 1.54) is 0 Å². The fraction of sp³-hybridized carbons (Fsp3) is 0.786. The lowest BCUT2D eigenvalue weighted by Crippen LogP contribution is -2.44. The monoisotopic (exact) mass is 283 g/mol. The SMILES string of the molecule is CC(C)N(CCC#N)C(=O)NCCCCCCC(=O)O. The Labute approximate surface area is 120 Å². The van der Waals surface area contributed by atoms with Gasteiger partial charge in [0.15, 0.2) is 0 Å². The van der Waals surface area contributed by atoms with Crippen LogP contribution in [-0.2, 0) is 4.79 Å². The quantitative estimate of drug-likeness (QED) is 0.602. The molecule has 0 unspecified atom stereocenters. The molecule has 0 bridgehead atoms. The highest BCUT2D eigenvalue weighted by molar-refractivity contribution is 5.74. The van der Waals surface area contributed by atoms with E-state index in [9.17, 15) is 9.59 Å². The molecule has 0 saturated carbocycles. The number of nitrogens with zero attached hydrogens (tertiary/aromatic N) is 2. The number of nitrogens with one attached hydrogen (secondary N) is 1. The number of rotatable bonds is 10. The molecule has 20 heavy (non-hydrogen) atoms. The lowest BCUT2D eigenvalue weighted by molar-refractivity contribution is -0.137. The maximum absolute atomic E-state index is 11.9. The van der Waals surface area contributed by atoms with E-state index in [1.807, 2.05) is 19.9 Å². The fourth-order valence-corrected chi connectivity index (χ4v) is 1.82. The number of hydrogen-bond acceptors (Lipinski definition) is 3. The van der Waals surface area contributed by atoms with Crippen LogP contribution in [0.5, 0.6) is 0 Å². The van der Waals surface area contributed by atoms with Gasteiger partial charge in [-0.15, -0.1) is 0 Å². The summed E-state index contributed by atoms with van der Waals surface area (Å²) in [5, 5.41) is 19.9. The van der Waals surface area contributed by atoms with Gasteiger partial charge < -0.3 is 15.3 Å². The molecular weight excluding hydrogens is 258 g/mol. The van der Waals surface area contributed by atoms with Crippen LogP contribution in [0.1, 0.15) is 52.4 Å². The molecule has 6 nitrogen and oxygen atoms in total. The van der Waals surface area contributed by atoms with E-state index in [-0.39, 0.29) is 18.5 Å². The van der Waals surface area contributed by atoms with E-state index in [4.69, 9.17) is 10.4 Å². The van der Waals surface area contributed by atoms with Crippen molar-refractivity contribution in [3.05, 3.63) is 0 Å². The number of unbranched alkanes of at least 4 members (excludes halogenated alkanes) is 3. The van der Waals surface area contributed by atoms with Gasteiger partial charge in [0.1, 0.15) is 0 Å². The van der Waals surface area contributed by atoms with Crippen molar-refractivity contribution in [2.45, 2.75) is 58.4 Å². The van der Waals surface area contributed by atoms with Gasteiger partial charge in [0, 0.05) is 25.6 Å². The molecule has 0 spiro atoms. The topological polar surface area (TPSA) is 93.4 Å². The molecule has 0 aliphatic carbocycles. The number of aliphatic carboxylic acids is 1. The second kappa shape index (κ2) is 11.1. The van der Waals surface area contributed by atoms with Gasteiger partial charge in [0.05, 0.1) is 12.5 Å². The van der Waals surface area contributed by atoms with Gasteiger partial charge in [-0.1, -0.05) is 12.8 Å². The summed E-state index contributed by atoms with van der Waals surface area (Å²) in [6.07, 6.45) is 3.85. The Morgan fingerprint density at radius 2 is 1.90 bits per heavy atom. The molecule has 0 rings (SSSR count). The van der Waals surface area contributed by atoms with E-state index >= 15 is 0 Å². The molecule has 0 aromatic carbocycles. The number of carboxylic acids is 1. The Bertz CT molecular complexity index is 337. The highest BCUT2D eigenvalue weighted by atomic mass is 16.4. The maximum Gasteiger partial charge on any atom is 0.317 e. The zero-order valence-corrected chi connectivity index (χ0v) is 12.4. The molecule has 0 aliphatic rings. The molecule has 0 radical (unpaired) electrons. The van der Waals surface area contributed by atoms with Crippen LogP contribution in [0, 0.1) is 11.3 Å². The molecule has 0 saturated heterocycles. The summed E-state index contributed by atoms with van der Waals surface area (Å²) in [7, 11) is 0. The van der Waals surface area contributed by atoms with Gasteiger partial charge in [-0.2, -0.15) is 5.26 Å². The predicted molar refractivity (Wildman–Crippen MR) is 76.2 cm³/mol. The van der Waals surface area contributed by atoms with E-state index in [0.29, 0.717) is 25.9 Å². The molecule has 2 N–H and O–H groups in total. The number of urea groups is 1. The van der Waals surface area contributed by atoms with Crippen LogP contribution in [0.2, 0.25) is 0 Å². The van der Waals surface area contributed by atoms with E-state index in [2.05, 4.69) is 5.32 Å². The zero-order chi connectivity index (χ0) is 15.4. The lowest BCUT2D eigenvalue weighted by Gasteiger charge is -2.26. The molecule has 0 fully saturated rings. The summed E-state index contributed by atoms with van der Waals surface area (Å²) in [5.41, 5.74) is 0. The highest BCUT2D eigenvalue weighted by Gasteiger charge is 2.15. The molecule has 0 aromatic heterocycles. The minimum atomic E-state index is -0.761. The van der Waals surface area contributed by atoms with Crippen molar-refractivity contribution in [1.29, 1.82) is 5.26 Å². The Hall–Kier alpha value is -1.77. The first kappa shape index (κ1) is 18.2. The minimum absolute atomic E-state index is 0.0684. The Balaban J connectivity index is 3.74. The Morgan fingerprint density at radius 3 is 2.45 bits per heavy atom. The van der Waals surface area contributed by atoms with Crippen molar-refractivity contribution in [3.8, 4) is 6.07 Å². The summed E-state index contributed by atoms with van der Waals surface area (Å²) >= 11 is 0. The third-order valence-corrected chi connectivity index (χ3v) is 2.94. The number of carboxylic acid groups (broad SMARTS) is 1. The maximum atomic E-state index is 11.9. The van der Waals surface area contributed by atoms with Gasteiger partial charge >= 0.3 is 12.0 Å². The summed E-state index contributed by atoms with van der Waals surface area (Å²) in [5.74, 6) is -0.761.